The summed E-state index contributed by atoms with van der Waals surface area (Å²) in [6, 6.07) is 0.503. The maximum Gasteiger partial charge on any atom is 0.225 e. The van der Waals surface area contributed by atoms with E-state index in [-0.39, 0.29) is 23.9 Å². The Morgan fingerprint density at radius 1 is 1.29 bits per heavy atom. The van der Waals surface area contributed by atoms with Gasteiger partial charge in [0.2, 0.25) is 5.91 Å². The van der Waals surface area contributed by atoms with Crippen molar-refractivity contribution < 1.29 is 4.79 Å². The van der Waals surface area contributed by atoms with E-state index < -0.39 is 0 Å². The largest absolute Gasteiger partial charge is 0.339 e. The van der Waals surface area contributed by atoms with Gasteiger partial charge in [-0.25, -0.2) is 5.01 Å². The number of hydrogen-bond donors (Lipinski definition) is 1. The predicted octanol–water partition coefficient (Wildman–Crippen LogP) is 0.437. The fourth-order valence-corrected chi connectivity index (χ4v) is 1.88. The molecule has 4 heteroatoms. The summed E-state index contributed by atoms with van der Waals surface area (Å²) in [6.07, 6.45) is 0. The van der Waals surface area contributed by atoms with Crippen molar-refractivity contribution in [2.45, 2.75) is 39.8 Å². The molecule has 1 saturated heterocycles. The van der Waals surface area contributed by atoms with E-state index in [9.17, 15) is 4.79 Å². The Kier molecular flexibility index (Phi) is 3.50. The van der Waals surface area contributed by atoms with E-state index in [0.717, 1.165) is 13.1 Å². The van der Waals surface area contributed by atoms with Gasteiger partial charge in [-0.3, -0.25) is 10.6 Å². The zero-order valence-corrected chi connectivity index (χ0v) is 9.53. The molecule has 1 aliphatic heterocycles. The molecule has 2 N–H and O–H groups in total. The fourth-order valence-electron chi connectivity index (χ4n) is 1.88. The van der Waals surface area contributed by atoms with Crippen LogP contribution in [-0.2, 0) is 4.79 Å². The number of rotatable bonds is 1. The summed E-state index contributed by atoms with van der Waals surface area (Å²) in [4.78, 5) is 13.7. The molecule has 0 radical (unpaired) electrons. The summed E-state index contributed by atoms with van der Waals surface area (Å²) < 4.78 is 0. The van der Waals surface area contributed by atoms with Gasteiger partial charge in [0.05, 0.1) is 0 Å². The normalized spacial score (nSPS) is 29.7. The zero-order valence-electron chi connectivity index (χ0n) is 9.53. The number of carbonyl (C=O) groups excluding carboxylic acids is 1. The van der Waals surface area contributed by atoms with Gasteiger partial charge < -0.3 is 4.90 Å². The summed E-state index contributed by atoms with van der Waals surface area (Å²) in [5, 5.41) is 1.84. The third-order valence-electron chi connectivity index (χ3n) is 2.79. The second-order valence-corrected chi connectivity index (χ2v) is 4.54. The monoisotopic (exact) mass is 199 g/mol. The van der Waals surface area contributed by atoms with Crippen LogP contribution < -0.4 is 5.84 Å². The highest BCUT2D eigenvalue weighted by Gasteiger charge is 2.30. The minimum absolute atomic E-state index is 0.0822. The van der Waals surface area contributed by atoms with Crippen LogP contribution in [0.4, 0.5) is 0 Å². The van der Waals surface area contributed by atoms with Crippen LogP contribution in [0.2, 0.25) is 0 Å². The van der Waals surface area contributed by atoms with Crippen LogP contribution in [0.1, 0.15) is 27.7 Å². The second-order valence-electron chi connectivity index (χ2n) is 4.54. The number of carbonyl (C=O) groups is 1. The number of hydrazine groups is 1. The van der Waals surface area contributed by atoms with E-state index >= 15 is 0 Å². The Bertz CT molecular complexity index is 205. The Hall–Kier alpha value is -0.610. The Balaban J connectivity index is 2.62. The van der Waals surface area contributed by atoms with Crippen molar-refractivity contribution in [2.24, 2.45) is 11.8 Å². The molecule has 1 rings (SSSR count). The third-order valence-corrected chi connectivity index (χ3v) is 2.79. The summed E-state index contributed by atoms with van der Waals surface area (Å²) >= 11 is 0. The molecule has 2 atom stereocenters. The molecule has 0 aliphatic carbocycles. The first-order valence-electron chi connectivity index (χ1n) is 5.25. The predicted molar refractivity (Wildman–Crippen MR) is 56.4 cm³/mol. The first-order valence-corrected chi connectivity index (χ1v) is 5.25. The number of piperazine rings is 1. The summed E-state index contributed by atoms with van der Waals surface area (Å²) in [5.41, 5.74) is 0. The van der Waals surface area contributed by atoms with Crippen molar-refractivity contribution in [2.75, 3.05) is 13.1 Å². The van der Waals surface area contributed by atoms with Crippen molar-refractivity contribution >= 4 is 5.91 Å². The molecule has 14 heavy (non-hydrogen) atoms. The van der Waals surface area contributed by atoms with Crippen LogP contribution >= 0.6 is 0 Å². The van der Waals surface area contributed by atoms with Crippen molar-refractivity contribution in [3.63, 3.8) is 0 Å². The third kappa shape index (κ3) is 2.25. The standard InChI is InChI=1S/C10H21N3O/c1-7(2)10(14)12-5-8(3)13(11)9(4)6-12/h7-9H,5-6,11H2,1-4H3/t8-,9+. The van der Waals surface area contributed by atoms with Crippen molar-refractivity contribution in [3.05, 3.63) is 0 Å². The van der Waals surface area contributed by atoms with Crippen LogP contribution in [0, 0.1) is 5.92 Å². The Morgan fingerprint density at radius 2 is 1.71 bits per heavy atom. The summed E-state index contributed by atoms with van der Waals surface area (Å²) in [7, 11) is 0. The van der Waals surface area contributed by atoms with E-state index in [4.69, 9.17) is 5.84 Å². The molecule has 0 spiro atoms. The zero-order chi connectivity index (χ0) is 10.9. The molecule has 0 unspecified atom stereocenters. The van der Waals surface area contributed by atoms with Crippen molar-refractivity contribution in [1.29, 1.82) is 0 Å². The topological polar surface area (TPSA) is 49.6 Å². The lowest BCUT2D eigenvalue weighted by atomic mass is 10.1. The van der Waals surface area contributed by atoms with Crippen LogP contribution in [0.3, 0.4) is 0 Å². The number of amides is 1. The molecule has 1 amide bonds. The molecule has 4 nitrogen and oxygen atoms in total. The molecule has 1 fully saturated rings. The fraction of sp³-hybridized carbons (Fsp3) is 0.900. The van der Waals surface area contributed by atoms with E-state index in [1.807, 2.05) is 23.8 Å². The summed E-state index contributed by atoms with van der Waals surface area (Å²) in [5.74, 6) is 6.17. The van der Waals surface area contributed by atoms with Gasteiger partial charge in [-0.15, -0.1) is 0 Å². The van der Waals surface area contributed by atoms with E-state index in [2.05, 4.69) is 13.8 Å². The summed E-state index contributed by atoms with van der Waals surface area (Å²) in [6.45, 7) is 9.47. The minimum atomic E-state index is 0.0822. The highest BCUT2D eigenvalue weighted by molar-refractivity contribution is 5.78. The molecule has 82 valence electrons. The van der Waals surface area contributed by atoms with Crippen LogP contribution in [0.5, 0.6) is 0 Å². The molecule has 0 aromatic heterocycles. The average Bonchev–Trinajstić information content (AvgIpc) is 2.12. The van der Waals surface area contributed by atoms with E-state index in [0.29, 0.717) is 0 Å². The van der Waals surface area contributed by atoms with Gasteiger partial charge in [0.15, 0.2) is 0 Å². The van der Waals surface area contributed by atoms with Crippen molar-refractivity contribution in [1.82, 2.24) is 9.91 Å². The van der Waals surface area contributed by atoms with E-state index in [1.54, 1.807) is 0 Å². The quantitative estimate of drug-likeness (QED) is 0.623. The molecule has 0 bridgehead atoms. The highest BCUT2D eigenvalue weighted by atomic mass is 16.2. The van der Waals surface area contributed by atoms with Crippen LogP contribution in [0.25, 0.3) is 0 Å². The Morgan fingerprint density at radius 3 is 2.07 bits per heavy atom. The number of nitrogens with two attached hydrogens (primary N) is 1. The lowest BCUT2D eigenvalue weighted by Gasteiger charge is -2.42. The Labute approximate surface area is 86.0 Å². The van der Waals surface area contributed by atoms with Gasteiger partial charge in [-0.1, -0.05) is 13.8 Å². The van der Waals surface area contributed by atoms with Crippen LogP contribution in [-0.4, -0.2) is 41.0 Å². The molecule has 1 heterocycles. The van der Waals surface area contributed by atoms with Gasteiger partial charge in [0.25, 0.3) is 0 Å². The first-order chi connectivity index (χ1) is 6.43. The lowest BCUT2D eigenvalue weighted by molar-refractivity contribution is -0.138. The van der Waals surface area contributed by atoms with Gasteiger partial charge in [0, 0.05) is 31.1 Å². The first kappa shape index (κ1) is 11.5. The van der Waals surface area contributed by atoms with Gasteiger partial charge in [0.1, 0.15) is 0 Å². The van der Waals surface area contributed by atoms with Crippen molar-refractivity contribution in [3.8, 4) is 0 Å². The number of hydrogen-bond acceptors (Lipinski definition) is 3. The molecular weight excluding hydrogens is 178 g/mol. The molecule has 0 saturated carbocycles. The minimum Gasteiger partial charge on any atom is -0.339 e. The number of nitrogens with zero attached hydrogens (tertiary/aromatic N) is 2. The van der Waals surface area contributed by atoms with Gasteiger partial charge in [-0.2, -0.15) is 0 Å². The van der Waals surface area contributed by atoms with Crippen LogP contribution in [0.15, 0.2) is 0 Å². The molecule has 1 aliphatic rings. The molecule has 0 aromatic rings. The highest BCUT2D eigenvalue weighted by Crippen LogP contribution is 2.13. The van der Waals surface area contributed by atoms with E-state index in [1.165, 1.54) is 0 Å². The second kappa shape index (κ2) is 4.28. The maximum atomic E-state index is 11.8. The molecule has 0 aromatic carbocycles. The van der Waals surface area contributed by atoms with Gasteiger partial charge >= 0.3 is 0 Å². The van der Waals surface area contributed by atoms with Gasteiger partial charge in [-0.05, 0) is 13.8 Å². The smallest absolute Gasteiger partial charge is 0.225 e. The average molecular weight is 199 g/mol. The molecular formula is C10H21N3O. The SMILES string of the molecule is CC(C)C(=O)N1C[C@@H](C)N(N)[C@@H](C)C1. The lowest BCUT2D eigenvalue weighted by Crippen LogP contribution is -2.61. The maximum absolute atomic E-state index is 11.8.